The highest BCUT2D eigenvalue weighted by Gasteiger charge is 2.33. The minimum Gasteiger partial charge on any atom is -0.390 e. The van der Waals surface area contributed by atoms with Gasteiger partial charge in [-0.3, -0.25) is 4.79 Å². The van der Waals surface area contributed by atoms with Crippen LogP contribution in [0.5, 0.6) is 0 Å². The topological polar surface area (TPSA) is 41.9 Å². The first-order chi connectivity index (χ1) is 14.0. The SMILES string of the molecule is Cc1ccccc1C1=NO[C@H](CN(Cc2ccc(F)cc2F)C(=O)C2CCC2)C1. The maximum Gasteiger partial charge on any atom is 0.226 e. The van der Waals surface area contributed by atoms with E-state index >= 15 is 0 Å². The lowest BCUT2D eigenvalue weighted by atomic mass is 9.84. The minimum atomic E-state index is -0.638. The Morgan fingerprint density at radius 3 is 2.69 bits per heavy atom. The van der Waals surface area contributed by atoms with Crippen molar-refractivity contribution in [3.05, 3.63) is 70.8 Å². The van der Waals surface area contributed by atoms with E-state index in [9.17, 15) is 13.6 Å². The summed E-state index contributed by atoms with van der Waals surface area (Å²) in [6, 6.07) is 11.4. The molecule has 0 saturated heterocycles. The number of benzene rings is 2. The van der Waals surface area contributed by atoms with Crippen molar-refractivity contribution in [3.8, 4) is 0 Å². The van der Waals surface area contributed by atoms with Crippen molar-refractivity contribution < 1.29 is 18.4 Å². The summed E-state index contributed by atoms with van der Waals surface area (Å²) < 4.78 is 27.4. The zero-order chi connectivity index (χ0) is 20.4. The Morgan fingerprint density at radius 2 is 2.00 bits per heavy atom. The van der Waals surface area contributed by atoms with Crippen molar-refractivity contribution in [2.45, 2.75) is 45.3 Å². The van der Waals surface area contributed by atoms with Crippen LogP contribution in [0.3, 0.4) is 0 Å². The number of halogens is 2. The highest BCUT2D eigenvalue weighted by Crippen LogP contribution is 2.30. The van der Waals surface area contributed by atoms with Gasteiger partial charge in [0, 0.05) is 36.1 Å². The summed E-state index contributed by atoms with van der Waals surface area (Å²) in [5.74, 6) is -1.27. The Balaban J connectivity index is 1.47. The minimum absolute atomic E-state index is 0.00733. The molecule has 1 fully saturated rings. The van der Waals surface area contributed by atoms with Crippen LogP contribution in [0.4, 0.5) is 8.78 Å². The van der Waals surface area contributed by atoms with Crippen LogP contribution in [0, 0.1) is 24.5 Å². The molecule has 1 aliphatic heterocycles. The van der Waals surface area contributed by atoms with E-state index in [2.05, 4.69) is 5.16 Å². The van der Waals surface area contributed by atoms with Crippen molar-refractivity contribution in [1.82, 2.24) is 4.90 Å². The number of carbonyl (C=O) groups is 1. The average Bonchev–Trinajstić information content (AvgIpc) is 3.10. The molecule has 29 heavy (non-hydrogen) atoms. The lowest BCUT2D eigenvalue weighted by Gasteiger charge is -2.32. The molecule has 0 spiro atoms. The van der Waals surface area contributed by atoms with Crippen LogP contribution in [0.2, 0.25) is 0 Å². The monoisotopic (exact) mass is 398 g/mol. The second-order valence-corrected chi connectivity index (χ2v) is 7.87. The summed E-state index contributed by atoms with van der Waals surface area (Å²) in [7, 11) is 0. The lowest BCUT2D eigenvalue weighted by molar-refractivity contribution is -0.140. The van der Waals surface area contributed by atoms with E-state index in [4.69, 9.17) is 4.84 Å². The third kappa shape index (κ3) is 4.31. The Hall–Kier alpha value is -2.76. The van der Waals surface area contributed by atoms with Crippen molar-refractivity contribution in [2.75, 3.05) is 6.54 Å². The largest absolute Gasteiger partial charge is 0.390 e. The molecule has 152 valence electrons. The molecule has 1 atom stereocenters. The number of hydrogen-bond donors (Lipinski definition) is 0. The Bertz CT molecular complexity index is 940. The molecule has 0 bridgehead atoms. The fourth-order valence-corrected chi connectivity index (χ4v) is 3.83. The van der Waals surface area contributed by atoms with Gasteiger partial charge < -0.3 is 9.74 Å². The average molecular weight is 398 g/mol. The Labute approximate surface area is 169 Å². The van der Waals surface area contributed by atoms with E-state index in [-0.39, 0.29) is 24.5 Å². The molecule has 2 aromatic carbocycles. The van der Waals surface area contributed by atoms with Gasteiger partial charge >= 0.3 is 0 Å². The molecule has 2 aliphatic rings. The maximum atomic E-state index is 14.2. The molecule has 1 amide bonds. The first-order valence-corrected chi connectivity index (χ1v) is 10.0. The van der Waals surface area contributed by atoms with Crippen LogP contribution >= 0.6 is 0 Å². The molecule has 2 aromatic rings. The van der Waals surface area contributed by atoms with Gasteiger partial charge in [0.2, 0.25) is 5.91 Å². The summed E-state index contributed by atoms with van der Waals surface area (Å²) in [5, 5.41) is 4.23. The zero-order valence-electron chi connectivity index (χ0n) is 16.4. The number of rotatable bonds is 6. The van der Waals surface area contributed by atoms with Gasteiger partial charge in [0.1, 0.15) is 11.6 Å². The summed E-state index contributed by atoms with van der Waals surface area (Å²) in [5.41, 5.74) is 3.32. The van der Waals surface area contributed by atoms with E-state index in [1.54, 1.807) is 4.90 Å². The smallest absolute Gasteiger partial charge is 0.226 e. The number of amides is 1. The normalized spacial score (nSPS) is 18.7. The second-order valence-electron chi connectivity index (χ2n) is 7.87. The van der Waals surface area contributed by atoms with Gasteiger partial charge in [-0.25, -0.2) is 8.78 Å². The van der Waals surface area contributed by atoms with Crippen molar-refractivity contribution >= 4 is 11.6 Å². The van der Waals surface area contributed by atoms with E-state index in [1.807, 2.05) is 31.2 Å². The molecule has 0 radical (unpaired) electrons. The van der Waals surface area contributed by atoms with E-state index in [0.29, 0.717) is 18.5 Å². The van der Waals surface area contributed by atoms with Gasteiger partial charge in [0.15, 0.2) is 6.10 Å². The highest BCUT2D eigenvalue weighted by molar-refractivity contribution is 6.02. The molecule has 0 N–H and O–H groups in total. The molecule has 1 heterocycles. The van der Waals surface area contributed by atoms with Crippen LogP contribution in [0.1, 0.15) is 42.4 Å². The predicted molar refractivity (Wildman–Crippen MR) is 106 cm³/mol. The van der Waals surface area contributed by atoms with Crippen LogP contribution in [-0.4, -0.2) is 29.2 Å². The Morgan fingerprint density at radius 1 is 1.21 bits per heavy atom. The third-order valence-electron chi connectivity index (χ3n) is 5.76. The molecule has 0 aromatic heterocycles. The second kappa shape index (κ2) is 8.31. The molecule has 6 heteroatoms. The molecular formula is C23H24F2N2O2. The standard InChI is InChI=1S/C23H24F2N2O2/c1-15-5-2-3-8-20(15)22-12-19(29-26-22)14-27(23(28)16-6-4-7-16)13-17-9-10-18(24)11-21(17)25/h2-3,5,8-11,16,19H,4,6-7,12-14H2,1H3/t19-/m0/s1. The zero-order valence-corrected chi connectivity index (χ0v) is 16.4. The van der Waals surface area contributed by atoms with Gasteiger partial charge in [0.05, 0.1) is 12.3 Å². The fraction of sp³-hybridized carbons (Fsp3) is 0.391. The van der Waals surface area contributed by atoms with Crippen LogP contribution in [0.15, 0.2) is 47.6 Å². The van der Waals surface area contributed by atoms with E-state index in [1.165, 1.54) is 12.1 Å². The molecule has 1 saturated carbocycles. The number of aryl methyl sites for hydroxylation is 1. The van der Waals surface area contributed by atoms with Crippen LogP contribution in [-0.2, 0) is 16.2 Å². The number of hydrogen-bond acceptors (Lipinski definition) is 3. The van der Waals surface area contributed by atoms with Crippen molar-refractivity contribution in [1.29, 1.82) is 0 Å². The van der Waals surface area contributed by atoms with Gasteiger partial charge in [-0.1, -0.05) is 41.9 Å². The lowest BCUT2D eigenvalue weighted by Crippen LogP contribution is -2.42. The van der Waals surface area contributed by atoms with E-state index < -0.39 is 11.6 Å². The predicted octanol–water partition coefficient (Wildman–Crippen LogP) is 4.60. The molecular weight excluding hydrogens is 374 g/mol. The third-order valence-corrected chi connectivity index (χ3v) is 5.76. The molecule has 0 unspecified atom stereocenters. The van der Waals surface area contributed by atoms with Crippen LogP contribution in [0.25, 0.3) is 0 Å². The summed E-state index contributed by atoms with van der Waals surface area (Å²) in [4.78, 5) is 20.2. The maximum absolute atomic E-state index is 14.2. The van der Waals surface area contributed by atoms with Crippen molar-refractivity contribution in [3.63, 3.8) is 0 Å². The van der Waals surface area contributed by atoms with Gasteiger partial charge in [-0.15, -0.1) is 0 Å². The summed E-state index contributed by atoms with van der Waals surface area (Å²) >= 11 is 0. The van der Waals surface area contributed by atoms with Gasteiger partial charge in [-0.2, -0.15) is 0 Å². The summed E-state index contributed by atoms with van der Waals surface area (Å²) in [6.07, 6.45) is 3.06. The van der Waals surface area contributed by atoms with Crippen molar-refractivity contribution in [2.24, 2.45) is 11.1 Å². The highest BCUT2D eigenvalue weighted by atomic mass is 19.1. The summed E-state index contributed by atoms with van der Waals surface area (Å²) in [6.45, 7) is 2.45. The van der Waals surface area contributed by atoms with Gasteiger partial charge in [0.25, 0.3) is 0 Å². The quantitative estimate of drug-likeness (QED) is 0.714. The number of nitrogens with zero attached hydrogens (tertiary/aromatic N) is 2. The fourth-order valence-electron chi connectivity index (χ4n) is 3.83. The number of oxime groups is 1. The molecule has 4 rings (SSSR count). The molecule has 1 aliphatic carbocycles. The molecule has 4 nitrogen and oxygen atoms in total. The number of carbonyl (C=O) groups excluding carboxylic acids is 1. The van der Waals surface area contributed by atoms with E-state index in [0.717, 1.165) is 42.2 Å². The first kappa shape index (κ1) is 19.6. The van der Waals surface area contributed by atoms with Crippen LogP contribution < -0.4 is 0 Å². The Kier molecular flexibility index (Phi) is 5.60. The van der Waals surface area contributed by atoms with Gasteiger partial charge in [-0.05, 0) is 31.4 Å². The first-order valence-electron chi connectivity index (χ1n) is 10.0.